The van der Waals surface area contributed by atoms with Crippen molar-refractivity contribution in [3.8, 4) is 5.88 Å². The summed E-state index contributed by atoms with van der Waals surface area (Å²) in [6.45, 7) is 1.28. The predicted octanol–water partition coefficient (Wildman–Crippen LogP) is 2.36. The Morgan fingerprint density at radius 1 is 1.64 bits per heavy atom. The molecule has 1 fully saturated rings. The van der Waals surface area contributed by atoms with E-state index in [0.29, 0.717) is 25.0 Å². The SMILES string of the molecule is ClCc1cc(Br)cnc1OC1COC1. The van der Waals surface area contributed by atoms with Gasteiger partial charge in [0.15, 0.2) is 0 Å². The Kier molecular flexibility index (Phi) is 3.26. The number of halogens is 2. The van der Waals surface area contributed by atoms with Crippen LogP contribution in [0.15, 0.2) is 16.7 Å². The van der Waals surface area contributed by atoms with Gasteiger partial charge >= 0.3 is 0 Å². The average Bonchev–Trinajstić information content (AvgIpc) is 2.13. The third-order valence-corrected chi connectivity index (χ3v) is 2.64. The van der Waals surface area contributed by atoms with Gasteiger partial charge < -0.3 is 9.47 Å². The van der Waals surface area contributed by atoms with Crippen LogP contribution >= 0.6 is 27.5 Å². The van der Waals surface area contributed by atoms with E-state index in [1.54, 1.807) is 6.20 Å². The van der Waals surface area contributed by atoms with Crippen LogP contribution in [-0.2, 0) is 10.6 Å². The molecule has 0 N–H and O–H groups in total. The van der Waals surface area contributed by atoms with Crippen LogP contribution in [0.5, 0.6) is 5.88 Å². The zero-order valence-corrected chi connectivity index (χ0v) is 9.71. The standard InChI is InChI=1S/C9H9BrClNO2/c10-7-1-6(2-11)9(12-3-7)14-8-4-13-5-8/h1,3,8H,2,4-5H2. The molecule has 14 heavy (non-hydrogen) atoms. The molecule has 1 aliphatic heterocycles. The van der Waals surface area contributed by atoms with Gasteiger partial charge in [-0.05, 0) is 22.0 Å². The fourth-order valence-corrected chi connectivity index (χ4v) is 1.68. The van der Waals surface area contributed by atoms with Gasteiger partial charge in [-0.1, -0.05) is 0 Å². The van der Waals surface area contributed by atoms with Crippen LogP contribution in [0.2, 0.25) is 0 Å². The third-order valence-electron chi connectivity index (χ3n) is 1.92. The number of nitrogens with zero attached hydrogens (tertiary/aromatic N) is 1. The maximum Gasteiger partial charge on any atom is 0.218 e. The molecule has 5 heteroatoms. The molecule has 1 aromatic heterocycles. The highest BCUT2D eigenvalue weighted by molar-refractivity contribution is 9.10. The van der Waals surface area contributed by atoms with Gasteiger partial charge in [-0.15, -0.1) is 11.6 Å². The van der Waals surface area contributed by atoms with Crippen molar-refractivity contribution < 1.29 is 9.47 Å². The first kappa shape index (κ1) is 10.2. The predicted molar refractivity (Wildman–Crippen MR) is 56.7 cm³/mol. The molecule has 0 aromatic carbocycles. The molecule has 0 unspecified atom stereocenters. The van der Waals surface area contributed by atoms with E-state index in [2.05, 4.69) is 20.9 Å². The van der Waals surface area contributed by atoms with Crippen LogP contribution < -0.4 is 4.74 Å². The topological polar surface area (TPSA) is 31.4 Å². The summed E-state index contributed by atoms with van der Waals surface area (Å²) in [6.07, 6.45) is 1.83. The minimum absolute atomic E-state index is 0.130. The molecule has 0 atom stereocenters. The molecule has 0 radical (unpaired) electrons. The first-order valence-corrected chi connectivity index (χ1v) is 5.57. The fourth-order valence-electron chi connectivity index (χ4n) is 1.11. The largest absolute Gasteiger partial charge is 0.469 e. The maximum atomic E-state index is 5.78. The Morgan fingerprint density at radius 2 is 2.43 bits per heavy atom. The zero-order valence-electron chi connectivity index (χ0n) is 7.37. The van der Waals surface area contributed by atoms with Crippen molar-refractivity contribution in [2.75, 3.05) is 13.2 Å². The van der Waals surface area contributed by atoms with Gasteiger partial charge in [-0.25, -0.2) is 4.98 Å². The number of hydrogen-bond acceptors (Lipinski definition) is 3. The summed E-state index contributed by atoms with van der Waals surface area (Å²) >= 11 is 9.11. The number of ether oxygens (including phenoxy) is 2. The lowest BCUT2D eigenvalue weighted by Crippen LogP contribution is -2.39. The van der Waals surface area contributed by atoms with Gasteiger partial charge in [0.1, 0.15) is 6.10 Å². The number of alkyl halides is 1. The number of rotatable bonds is 3. The molecule has 0 spiro atoms. The van der Waals surface area contributed by atoms with Gasteiger partial charge in [0.05, 0.1) is 19.1 Å². The van der Waals surface area contributed by atoms with E-state index in [-0.39, 0.29) is 6.10 Å². The van der Waals surface area contributed by atoms with Gasteiger partial charge in [0.2, 0.25) is 5.88 Å². The molecule has 2 rings (SSSR count). The Labute approximate surface area is 95.5 Å². The Hall–Kier alpha value is -0.320. The molecule has 1 aromatic rings. The third kappa shape index (κ3) is 2.19. The second kappa shape index (κ2) is 4.47. The number of pyridine rings is 1. The van der Waals surface area contributed by atoms with Crippen molar-refractivity contribution >= 4 is 27.5 Å². The van der Waals surface area contributed by atoms with Crippen LogP contribution in [0.3, 0.4) is 0 Å². The van der Waals surface area contributed by atoms with Crippen molar-refractivity contribution in [3.05, 3.63) is 22.3 Å². The normalized spacial score (nSPS) is 16.4. The second-order valence-electron chi connectivity index (χ2n) is 3.03. The van der Waals surface area contributed by atoms with Crippen molar-refractivity contribution in [2.45, 2.75) is 12.0 Å². The smallest absolute Gasteiger partial charge is 0.218 e. The molecule has 1 aliphatic rings. The molecule has 0 saturated carbocycles. The lowest BCUT2D eigenvalue weighted by molar-refractivity contribution is -0.0816. The summed E-state index contributed by atoms with van der Waals surface area (Å²) in [5.41, 5.74) is 0.896. The highest BCUT2D eigenvalue weighted by Gasteiger charge is 2.21. The van der Waals surface area contributed by atoms with Crippen molar-refractivity contribution in [3.63, 3.8) is 0 Å². The van der Waals surface area contributed by atoms with E-state index in [0.717, 1.165) is 10.0 Å². The lowest BCUT2D eigenvalue weighted by atomic mass is 10.3. The highest BCUT2D eigenvalue weighted by Crippen LogP contribution is 2.23. The summed E-state index contributed by atoms with van der Waals surface area (Å²) in [6, 6.07) is 1.91. The van der Waals surface area contributed by atoms with Crippen molar-refractivity contribution in [1.82, 2.24) is 4.98 Å². The number of aromatic nitrogens is 1. The minimum atomic E-state index is 0.130. The van der Waals surface area contributed by atoms with Crippen LogP contribution in [0.1, 0.15) is 5.56 Å². The minimum Gasteiger partial charge on any atom is -0.469 e. The van der Waals surface area contributed by atoms with E-state index < -0.39 is 0 Å². The molecular formula is C9H9BrClNO2. The van der Waals surface area contributed by atoms with Gasteiger partial charge in [0.25, 0.3) is 0 Å². The molecular weight excluding hydrogens is 269 g/mol. The van der Waals surface area contributed by atoms with Gasteiger partial charge in [-0.2, -0.15) is 0 Å². The van der Waals surface area contributed by atoms with Gasteiger partial charge in [-0.3, -0.25) is 0 Å². The first-order valence-electron chi connectivity index (χ1n) is 4.24. The quantitative estimate of drug-likeness (QED) is 0.796. The molecule has 0 aliphatic carbocycles. The molecule has 2 heterocycles. The summed E-state index contributed by atoms with van der Waals surface area (Å²) in [5.74, 6) is 1.01. The van der Waals surface area contributed by atoms with E-state index in [4.69, 9.17) is 21.1 Å². The monoisotopic (exact) mass is 277 g/mol. The van der Waals surface area contributed by atoms with E-state index in [9.17, 15) is 0 Å². The van der Waals surface area contributed by atoms with Crippen LogP contribution in [0.25, 0.3) is 0 Å². The van der Waals surface area contributed by atoms with Crippen LogP contribution in [-0.4, -0.2) is 24.3 Å². The Bertz CT molecular complexity index is 331. The molecule has 0 bridgehead atoms. The van der Waals surface area contributed by atoms with Crippen LogP contribution in [0.4, 0.5) is 0 Å². The lowest BCUT2D eigenvalue weighted by Gasteiger charge is -2.26. The van der Waals surface area contributed by atoms with Gasteiger partial charge in [0, 0.05) is 16.2 Å². The Balaban J connectivity index is 2.14. The zero-order chi connectivity index (χ0) is 9.97. The first-order chi connectivity index (χ1) is 6.79. The summed E-state index contributed by atoms with van der Waals surface area (Å²) in [7, 11) is 0. The maximum absolute atomic E-state index is 5.78. The molecule has 3 nitrogen and oxygen atoms in total. The average molecular weight is 279 g/mol. The molecule has 1 saturated heterocycles. The molecule has 0 amide bonds. The van der Waals surface area contributed by atoms with E-state index in [1.165, 1.54) is 0 Å². The number of hydrogen-bond donors (Lipinski definition) is 0. The second-order valence-corrected chi connectivity index (χ2v) is 4.21. The summed E-state index contributed by atoms with van der Waals surface area (Å²) < 4.78 is 11.5. The van der Waals surface area contributed by atoms with Crippen molar-refractivity contribution in [2.24, 2.45) is 0 Å². The van der Waals surface area contributed by atoms with E-state index >= 15 is 0 Å². The summed E-state index contributed by atoms with van der Waals surface area (Å²) in [4.78, 5) is 4.16. The van der Waals surface area contributed by atoms with E-state index in [1.807, 2.05) is 6.07 Å². The fraction of sp³-hybridized carbons (Fsp3) is 0.444. The Morgan fingerprint density at radius 3 is 3.00 bits per heavy atom. The highest BCUT2D eigenvalue weighted by atomic mass is 79.9. The summed E-state index contributed by atoms with van der Waals surface area (Å²) in [5, 5.41) is 0. The van der Waals surface area contributed by atoms with Crippen LogP contribution in [0, 0.1) is 0 Å². The van der Waals surface area contributed by atoms with Crippen molar-refractivity contribution in [1.29, 1.82) is 0 Å². The molecule has 76 valence electrons.